The van der Waals surface area contributed by atoms with Gasteiger partial charge in [-0.15, -0.1) is 0 Å². The molecule has 1 atom stereocenters. The standard InChI is InChI=1S/C13H15BrN2O3S/c14-11-5-4-6-12(9-11)20(18,19)16-8-3-1-2-7-13(16)15-10-17/h4-6,9,13H,1-3,7-8H2. The molecule has 7 heteroatoms. The van der Waals surface area contributed by atoms with Gasteiger partial charge in [-0.25, -0.2) is 13.2 Å². The van der Waals surface area contributed by atoms with Gasteiger partial charge in [0, 0.05) is 11.0 Å². The molecule has 1 saturated heterocycles. The van der Waals surface area contributed by atoms with E-state index in [2.05, 4.69) is 20.9 Å². The van der Waals surface area contributed by atoms with Crippen molar-refractivity contribution in [1.82, 2.24) is 4.31 Å². The van der Waals surface area contributed by atoms with Crippen LogP contribution in [-0.4, -0.2) is 31.5 Å². The molecule has 0 aromatic heterocycles. The van der Waals surface area contributed by atoms with E-state index in [1.807, 2.05) is 0 Å². The van der Waals surface area contributed by atoms with Crippen LogP contribution in [0.2, 0.25) is 0 Å². The van der Waals surface area contributed by atoms with Crippen molar-refractivity contribution >= 4 is 32.0 Å². The van der Waals surface area contributed by atoms with Crippen LogP contribution >= 0.6 is 15.9 Å². The number of hydrogen-bond acceptors (Lipinski definition) is 4. The van der Waals surface area contributed by atoms with Crippen LogP contribution in [0.25, 0.3) is 0 Å². The van der Waals surface area contributed by atoms with Gasteiger partial charge in [-0.05, 0) is 37.5 Å². The molecule has 0 spiro atoms. The van der Waals surface area contributed by atoms with Crippen LogP contribution < -0.4 is 0 Å². The molecule has 0 radical (unpaired) electrons. The molecule has 1 aliphatic heterocycles. The minimum absolute atomic E-state index is 0.208. The van der Waals surface area contributed by atoms with Gasteiger partial charge < -0.3 is 0 Å². The Kier molecular flexibility index (Phi) is 5.10. The van der Waals surface area contributed by atoms with E-state index in [0.29, 0.717) is 17.4 Å². The Balaban J connectivity index is 2.41. The van der Waals surface area contributed by atoms with Gasteiger partial charge >= 0.3 is 0 Å². The molecule has 1 fully saturated rings. The highest BCUT2D eigenvalue weighted by Gasteiger charge is 2.32. The molecule has 1 aromatic carbocycles. The van der Waals surface area contributed by atoms with Crippen LogP contribution in [0.1, 0.15) is 25.7 Å². The Bertz CT molecular complexity index is 626. The van der Waals surface area contributed by atoms with Crippen molar-refractivity contribution in [3.05, 3.63) is 28.7 Å². The summed E-state index contributed by atoms with van der Waals surface area (Å²) in [5.41, 5.74) is 0. The fourth-order valence-electron chi connectivity index (χ4n) is 2.30. The highest BCUT2D eigenvalue weighted by molar-refractivity contribution is 9.10. The fourth-order valence-corrected chi connectivity index (χ4v) is 4.49. The van der Waals surface area contributed by atoms with Crippen LogP contribution in [0.3, 0.4) is 0 Å². The van der Waals surface area contributed by atoms with Gasteiger partial charge in [0.1, 0.15) is 6.17 Å². The van der Waals surface area contributed by atoms with Crippen molar-refractivity contribution in [2.45, 2.75) is 36.7 Å². The lowest BCUT2D eigenvalue weighted by Crippen LogP contribution is -2.38. The number of carbonyl (C=O) groups excluding carboxylic acids is 1. The monoisotopic (exact) mass is 358 g/mol. The SMILES string of the molecule is O=C=NC1CCCCCN1S(=O)(=O)c1cccc(Br)c1. The third kappa shape index (κ3) is 3.35. The molecule has 1 heterocycles. The van der Waals surface area contributed by atoms with E-state index in [0.717, 1.165) is 19.3 Å². The molecule has 2 rings (SSSR count). The summed E-state index contributed by atoms with van der Waals surface area (Å²) in [7, 11) is -3.65. The van der Waals surface area contributed by atoms with Gasteiger partial charge in [0.05, 0.1) is 4.90 Å². The molecule has 1 aromatic rings. The first-order valence-electron chi connectivity index (χ1n) is 6.40. The normalized spacial score (nSPS) is 20.9. The van der Waals surface area contributed by atoms with Gasteiger partial charge in [0.25, 0.3) is 0 Å². The van der Waals surface area contributed by atoms with Crippen molar-refractivity contribution in [2.24, 2.45) is 4.99 Å². The molecular weight excluding hydrogens is 344 g/mol. The summed E-state index contributed by atoms with van der Waals surface area (Å²) in [5, 5.41) is 0. The van der Waals surface area contributed by atoms with Gasteiger partial charge in [-0.3, -0.25) is 0 Å². The molecule has 1 aliphatic rings. The van der Waals surface area contributed by atoms with E-state index in [4.69, 9.17) is 0 Å². The second-order valence-corrected chi connectivity index (χ2v) is 7.43. The second-order valence-electron chi connectivity index (χ2n) is 4.62. The minimum atomic E-state index is -3.65. The molecule has 108 valence electrons. The summed E-state index contributed by atoms with van der Waals surface area (Å²) in [4.78, 5) is 14.4. The Morgan fingerprint density at radius 3 is 2.80 bits per heavy atom. The van der Waals surface area contributed by atoms with Crippen LogP contribution in [0.4, 0.5) is 0 Å². The number of benzene rings is 1. The van der Waals surface area contributed by atoms with Crippen molar-refractivity contribution in [3.63, 3.8) is 0 Å². The first-order valence-corrected chi connectivity index (χ1v) is 8.63. The summed E-state index contributed by atoms with van der Waals surface area (Å²) in [6.45, 7) is 0.380. The average molecular weight is 359 g/mol. The van der Waals surface area contributed by atoms with Crippen molar-refractivity contribution in [1.29, 1.82) is 0 Å². The first-order chi connectivity index (χ1) is 9.55. The molecule has 0 bridgehead atoms. The molecule has 0 amide bonds. The van der Waals surface area contributed by atoms with E-state index >= 15 is 0 Å². The van der Waals surface area contributed by atoms with Crippen molar-refractivity contribution < 1.29 is 13.2 Å². The molecular formula is C13H15BrN2O3S. The van der Waals surface area contributed by atoms with Crippen LogP contribution in [0.15, 0.2) is 38.6 Å². The van der Waals surface area contributed by atoms with Crippen LogP contribution in [-0.2, 0) is 14.8 Å². The third-order valence-corrected chi connectivity index (χ3v) is 5.66. The molecule has 0 aliphatic carbocycles. The highest BCUT2D eigenvalue weighted by Crippen LogP contribution is 2.26. The quantitative estimate of drug-likeness (QED) is 0.616. The summed E-state index contributed by atoms with van der Waals surface area (Å²) in [5.74, 6) is 0. The van der Waals surface area contributed by atoms with Gasteiger partial charge in [0.15, 0.2) is 0 Å². The fraction of sp³-hybridized carbons (Fsp3) is 0.462. The summed E-state index contributed by atoms with van der Waals surface area (Å²) < 4.78 is 27.4. The van der Waals surface area contributed by atoms with Gasteiger partial charge in [-0.1, -0.05) is 28.4 Å². The maximum atomic E-state index is 12.7. The smallest absolute Gasteiger partial charge is 0.211 e. The van der Waals surface area contributed by atoms with Crippen LogP contribution in [0, 0.1) is 0 Å². The van der Waals surface area contributed by atoms with Crippen LogP contribution in [0.5, 0.6) is 0 Å². The first kappa shape index (κ1) is 15.4. The molecule has 20 heavy (non-hydrogen) atoms. The Morgan fingerprint density at radius 1 is 1.30 bits per heavy atom. The summed E-state index contributed by atoms with van der Waals surface area (Å²) in [6, 6.07) is 6.55. The minimum Gasteiger partial charge on any atom is -0.211 e. The highest BCUT2D eigenvalue weighted by atomic mass is 79.9. The van der Waals surface area contributed by atoms with Gasteiger partial charge in [-0.2, -0.15) is 9.30 Å². The summed E-state index contributed by atoms with van der Waals surface area (Å²) in [6.07, 6.45) is 3.99. The number of isocyanates is 1. The largest absolute Gasteiger partial charge is 0.244 e. The van der Waals surface area contributed by atoms with Gasteiger partial charge in [0.2, 0.25) is 16.1 Å². The molecule has 5 nitrogen and oxygen atoms in total. The zero-order valence-corrected chi connectivity index (χ0v) is 13.2. The molecule has 0 N–H and O–H groups in total. The Hall–Kier alpha value is -1.01. The Labute approximate surface area is 126 Å². The molecule has 0 saturated carbocycles. The number of sulfonamides is 1. The van der Waals surface area contributed by atoms with E-state index < -0.39 is 16.2 Å². The number of halogens is 1. The molecule has 1 unspecified atom stereocenters. The lowest BCUT2D eigenvalue weighted by atomic mass is 10.2. The number of aliphatic imine (C=N–C) groups is 1. The van der Waals surface area contributed by atoms with E-state index in [9.17, 15) is 13.2 Å². The van der Waals surface area contributed by atoms with E-state index in [1.54, 1.807) is 24.3 Å². The van der Waals surface area contributed by atoms with E-state index in [1.165, 1.54) is 10.4 Å². The topological polar surface area (TPSA) is 66.8 Å². The maximum absolute atomic E-state index is 12.7. The maximum Gasteiger partial charge on any atom is 0.244 e. The van der Waals surface area contributed by atoms with E-state index in [-0.39, 0.29) is 4.90 Å². The second kappa shape index (κ2) is 6.63. The number of rotatable bonds is 3. The average Bonchev–Trinajstić information content (AvgIpc) is 2.65. The zero-order chi connectivity index (χ0) is 14.6. The number of nitrogens with zero attached hydrogens (tertiary/aromatic N) is 2. The third-order valence-electron chi connectivity index (χ3n) is 3.28. The van der Waals surface area contributed by atoms with Crippen molar-refractivity contribution in [2.75, 3.05) is 6.54 Å². The lowest BCUT2D eigenvalue weighted by molar-refractivity contribution is 0.330. The lowest BCUT2D eigenvalue weighted by Gasteiger charge is -2.25. The summed E-state index contributed by atoms with van der Waals surface area (Å²) >= 11 is 3.27. The predicted octanol–water partition coefficient (Wildman–Crippen LogP) is 2.68. The predicted molar refractivity (Wildman–Crippen MR) is 78.4 cm³/mol. The number of hydrogen-bond donors (Lipinski definition) is 0. The Morgan fingerprint density at radius 2 is 2.10 bits per heavy atom. The zero-order valence-electron chi connectivity index (χ0n) is 10.8. The van der Waals surface area contributed by atoms with Crippen molar-refractivity contribution in [3.8, 4) is 0 Å².